The van der Waals surface area contributed by atoms with Gasteiger partial charge in [0.05, 0.1) is 5.56 Å². The first-order valence-corrected chi connectivity index (χ1v) is 7.73. The molecule has 2 rings (SSSR count). The molecule has 1 fully saturated rings. The Morgan fingerprint density at radius 2 is 1.83 bits per heavy atom. The molecule has 1 saturated heterocycles. The fourth-order valence-corrected chi connectivity index (χ4v) is 2.61. The highest BCUT2D eigenvalue weighted by Gasteiger charge is 2.25. The molecule has 0 aliphatic carbocycles. The van der Waals surface area contributed by atoms with Gasteiger partial charge in [-0.2, -0.15) is 5.26 Å². The maximum absolute atomic E-state index is 12.5. The van der Waals surface area contributed by atoms with Crippen molar-refractivity contribution in [2.75, 3.05) is 26.2 Å². The third-order valence-corrected chi connectivity index (χ3v) is 3.91. The van der Waals surface area contributed by atoms with Crippen LogP contribution in [0.25, 0.3) is 0 Å². The zero-order chi connectivity index (χ0) is 16.8. The summed E-state index contributed by atoms with van der Waals surface area (Å²) in [5, 5.41) is 9.07. The molecular weight excluding hydrogens is 294 g/mol. The molecule has 0 radical (unpaired) electrons. The molecule has 0 spiro atoms. The zero-order valence-electron chi connectivity index (χ0n) is 13.5. The van der Waals surface area contributed by atoms with Crippen LogP contribution in [0.15, 0.2) is 24.3 Å². The number of nitriles is 1. The molecule has 1 aromatic carbocycles. The second kappa shape index (κ2) is 7.63. The Hall–Kier alpha value is -2.55. The molecule has 0 bridgehead atoms. The van der Waals surface area contributed by atoms with Crippen LogP contribution in [0, 0.1) is 11.3 Å². The van der Waals surface area contributed by atoms with E-state index in [-0.39, 0.29) is 11.8 Å². The average molecular weight is 315 g/mol. The van der Waals surface area contributed by atoms with Gasteiger partial charge in [0, 0.05) is 33.1 Å². The molecule has 0 N–H and O–H groups in total. The van der Waals surface area contributed by atoms with E-state index >= 15 is 0 Å². The van der Waals surface area contributed by atoms with Crippen LogP contribution < -0.4 is 4.74 Å². The third-order valence-electron chi connectivity index (χ3n) is 3.91. The smallest absolute Gasteiger partial charge is 0.263 e. The molecule has 23 heavy (non-hydrogen) atoms. The van der Waals surface area contributed by atoms with E-state index in [0.717, 1.165) is 6.42 Å². The Morgan fingerprint density at radius 1 is 1.17 bits per heavy atom. The Balaban J connectivity index is 1.99. The summed E-state index contributed by atoms with van der Waals surface area (Å²) < 4.78 is 5.67. The van der Waals surface area contributed by atoms with Crippen molar-refractivity contribution in [3.63, 3.8) is 0 Å². The van der Waals surface area contributed by atoms with Crippen molar-refractivity contribution in [2.24, 2.45) is 0 Å². The van der Waals surface area contributed by atoms with Crippen molar-refractivity contribution in [1.82, 2.24) is 9.80 Å². The number of benzene rings is 1. The summed E-state index contributed by atoms with van der Waals surface area (Å²) in [7, 11) is 0. The van der Waals surface area contributed by atoms with E-state index in [0.29, 0.717) is 37.5 Å². The Bertz CT molecular complexity index is 624. The lowest BCUT2D eigenvalue weighted by atomic mass is 10.2. The van der Waals surface area contributed by atoms with Crippen LogP contribution >= 0.6 is 0 Å². The molecule has 1 atom stereocenters. The van der Waals surface area contributed by atoms with Gasteiger partial charge in [-0.25, -0.2) is 0 Å². The molecular formula is C17H21N3O3. The van der Waals surface area contributed by atoms with E-state index in [9.17, 15) is 9.59 Å². The molecule has 1 heterocycles. The molecule has 1 aliphatic rings. The minimum atomic E-state index is -0.673. The van der Waals surface area contributed by atoms with Crippen molar-refractivity contribution in [1.29, 1.82) is 5.26 Å². The number of rotatable bonds is 3. The van der Waals surface area contributed by atoms with Gasteiger partial charge in [-0.15, -0.1) is 0 Å². The van der Waals surface area contributed by atoms with Crippen molar-refractivity contribution in [2.45, 2.75) is 26.4 Å². The first-order valence-electron chi connectivity index (χ1n) is 7.73. The van der Waals surface area contributed by atoms with Gasteiger partial charge in [-0.05, 0) is 25.5 Å². The number of carbonyl (C=O) groups is 2. The van der Waals surface area contributed by atoms with E-state index in [1.807, 2.05) is 0 Å². The van der Waals surface area contributed by atoms with Crippen molar-refractivity contribution >= 4 is 11.8 Å². The fourth-order valence-electron chi connectivity index (χ4n) is 2.61. The highest BCUT2D eigenvalue weighted by Crippen LogP contribution is 2.19. The monoisotopic (exact) mass is 315 g/mol. The van der Waals surface area contributed by atoms with Crippen LogP contribution in [-0.4, -0.2) is 53.9 Å². The lowest BCUT2D eigenvalue weighted by Gasteiger charge is -2.25. The van der Waals surface area contributed by atoms with Crippen molar-refractivity contribution in [3.8, 4) is 11.8 Å². The van der Waals surface area contributed by atoms with Crippen LogP contribution in [0.1, 0.15) is 25.8 Å². The first-order chi connectivity index (χ1) is 11.0. The van der Waals surface area contributed by atoms with Gasteiger partial charge in [0.25, 0.3) is 5.91 Å². The second-order valence-electron chi connectivity index (χ2n) is 5.55. The number of ether oxygens (including phenoxy) is 1. The Morgan fingerprint density at radius 3 is 2.52 bits per heavy atom. The summed E-state index contributed by atoms with van der Waals surface area (Å²) in [4.78, 5) is 27.5. The number of para-hydroxylation sites is 1. The summed E-state index contributed by atoms with van der Waals surface area (Å²) in [6.45, 7) is 5.56. The summed E-state index contributed by atoms with van der Waals surface area (Å²) in [6, 6.07) is 8.91. The van der Waals surface area contributed by atoms with Gasteiger partial charge in [-0.3, -0.25) is 9.59 Å². The molecule has 6 heteroatoms. The molecule has 0 aromatic heterocycles. The summed E-state index contributed by atoms with van der Waals surface area (Å²) in [6.07, 6.45) is 0.0840. The van der Waals surface area contributed by atoms with E-state index in [1.165, 1.54) is 0 Å². The second-order valence-corrected chi connectivity index (χ2v) is 5.55. The summed E-state index contributed by atoms with van der Waals surface area (Å²) in [5.41, 5.74) is 0.408. The fraction of sp³-hybridized carbons (Fsp3) is 0.471. The van der Waals surface area contributed by atoms with Gasteiger partial charge >= 0.3 is 0 Å². The minimum absolute atomic E-state index is 0.0338. The molecule has 2 amide bonds. The molecule has 0 saturated carbocycles. The molecule has 122 valence electrons. The third kappa shape index (κ3) is 4.22. The number of hydrogen-bond acceptors (Lipinski definition) is 4. The highest BCUT2D eigenvalue weighted by atomic mass is 16.5. The van der Waals surface area contributed by atoms with E-state index in [4.69, 9.17) is 10.00 Å². The minimum Gasteiger partial charge on any atom is -0.480 e. The predicted octanol–water partition coefficient (Wildman–Crippen LogP) is 1.41. The van der Waals surface area contributed by atoms with Crippen LogP contribution in [0.2, 0.25) is 0 Å². The number of nitrogens with zero attached hydrogens (tertiary/aromatic N) is 3. The lowest BCUT2D eigenvalue weighted by molar-refractivity contribution is -0.138. The topological polar surface area (TPSA) is 73.6 Å². The predicted molar refractivity (Wildman–Crippen MR) is 84.7 cm³/mol. The SMILES string of the molecule is CC(=O)N1CCCN(C(=O)[C@H](C)Oc2ccccc2C#N)CC1. The average Bonchev–Trinajstić information content (AvgIpc) is 2.80. The number of carbonyl (C=O) groups excluding carboxylic acids is 2. The molecule has 1 aliphatic heterocycles. The standard InChI is InChI=1S/C17H21N3O3/c1-13(23-16-7-4-3-6-15(16)12-18)17(22)20-9-5-8-19(10-11-20)14(2)21/h3-4,6-7,13H,5,8-11H2,1-2H3/t13-/m0/s1. The maximum Gasteiger partial charge on any atom is 0.263 e. The zero-order valence-corrected chi connectivity index (χ0v) is 13.5. The van der Waals surface area contributed by atoms with Gasteiger partial charge < -0.3 is 14.5 Å². The van der Waals surface area contributed by atoms with E-state index in [2.05, 4.69) is 6.07 Å². The van der Waals surface area contributed by atoms with Crippen molar-refractivity contribution < 1.29 is 14.3 Å². The quantitative estimate of drug-likeness (QED) is 0.845. The van der Waals surface area contributed by atoms with Gasteiger partial charge in [0.2, 0.25) is 5.91 Å². The van der Waals surface area contributed by atoms with E-state index < -0.39 is 6.10 Å². The number of amides is 2. The Labute approximate surface area is 136 Å². The lowest BCUT2D eigenvalue weighted by Crippen LogP contribution is -2.42. The summed E-state index contributed by atoms with van der Waals surface area (Å²) >= 11 is 0. The van der Waals surface area contributed by atoms with Crippen LogP contribution in [0.5, 0.6) is 5.75 Å². The summed E-state index contributed by atoms with van der Waals surface area (Å²) in [5.74, 6) is 0.325. The molecule has 6 nitrogen and oxygen atoms in total. The van der Waals surface area contributed by atoms with Gasteiger partial charge in [-0.1, -0.05) is 12.1 Å². The van der Waals surface area contributed by atoms with Crippen LogP contribution in [-0.2, 0) is 9.59 Å². The van der Waals surface area contributed by atoms with Crippen LogP contribution in [0.4, 0.5) is 0 Å². The largest absolute Gasteiger partial charge is 0.480 e. The van der Waals surface area contributed by atoms with Crippen LogP contribution in [0.3, 0.4) is 0 Å². The van der Waals surface area contributed by atoms with Gasteiger partial charge in [0.15, 0.2) is 6.10 Å². The van der Waals surface area contributed by atoms with Crippen molar-refractivity contribution in [3.05, 3.63) is 29.8 Å². The Kier molecular flexibility index (Phi) is 5.58. The molecule has 0 unspecified atom stereocenters. The maximum atomic E-state index is 12.5. The van der Waals surface area contributed by atoms with E-state index in [1.54, 1.807) is 47.9 Å². The first kappa shape index (κ1) is 16.8. The van der Waals surface area contributed by atoms with Gasteiger partial charge in [0.1, 0.15) is 11.8 Å². The molecule has 1 aromatic rings. The normalized spacial score (nSPS) is 16.2. The number of hydrogen-bond donors (Lipinski definition) is 0. The highest BCUT2D eigenvalue weighted by molar-refractivity contribution is 5.81.